The second-order valence-electron chi connectivity index (χ2n) is 6.20. The lowest BCUT2D eigenvalue weighted by atomic mass is 10.2. The minimum absolute atomic E-state index is 0.0467. The van der Waals surface area contributed by atoms with E-state index < -0.39 is 10.9 Å². The maximum Gasteiger partial charge on any atom is 0.326 e. The van der Waals surface area contributed by atoms with Gasteiger partial charge in [-0.3, -0.25) is 24.6 Å². The number of benzene rings is 2. The number of aromatic nitrogens is 2. The Hall–Kier alpha value is -4.28. The van der Waals surface area contributed by atoms with Crippen LogP contribution >= 0.6 is 0 Å². The molecule has 0 unspecified atom stereocenters. The highest BCUT2D eigenvalue weighted by molar-refractivity contribution is 6.01. The smallest absolute Gasteiger partial charge is 0.326 e. The summed E-state index contributed by atoms with van der Waals surface area (Å²) in [6, 6.07) is 12.5. The van der Waals surface area contributed by atoms with E-state index in [4.69, 9.17) is 13.9 Å². The van der Waals surface area contributed by atoms with Crippen molar-refractivity contribution in [3.05, 3.63) is 64.5 Å². The highest BCUT2D eigenvalue weighted by Gasteiger charge is 2.27. The first-order chi connectivity index (χ1) is 14.5. The van der Waals surface area contributed by atoms with Crippen molar-refractivity contribution in [3.63, 3.8) is 0 Å². The van der Waals surface area contributed by atoms with E-state index in [9.17, 15) is 19.7 Å². The highest BCUT2D eigenvalue weighted by Crippen LogP contribution is 2.31. The summed E-state index contributed by atoms with van der Waals surface area (Å²) in [7, 11) is 0. The molecule has 2 heterocycles. The fraction of sp³-hybridized carbons (Fsp3) is 0.158. The number of fused-ring (bicyclic) bond motifs is 1. The molecule has 152 valence electrons. The van der Waals surface area contributed by atoms with Crippen LogP contribution in [0.15, 0.2) is 52.9 Å². The van der Waals surface area contributed by atoms with Crippen LogP contribution in [0.5, 0.6) is 5.75 Å². The molecule has 1 amide bonds. The number of para-hydroxylation sites is 2. The Bertz CT molecular complexity index is 1110. The Morgan fingerprint density at radius 1 is 1.17 bits per heavy atom. The van der Waals surface area contributed by atoms with Crippen LogP contribution in [0, 0.1) is 10.1 Å². The molecule has 2 aromatic carbocycles. The number of ether oxygens (including phenoxy) is 2. The zero-order valence-electron chi connectivity index (χ0n) is 15.4. The topological polar surface area (TPSA) is 138 Å². The van der Waals surface area contributed by atoms with E-state index in [2.05, 4.69) is 10.2 Å². The zero-order valence-corrected chi connectivity index (χ0v) is 15.4. The Balaban J connectivity index is 1.37. The summed E-state index contributed by atoms with van der Waals surface area (Å²) in [6.07, 6.45) is 0. The first-order valence-corrected chi connectivity index (χ1v) is 8.76. The molecule has 11 nitrogen and oxygen atoms in total. The average molecular weight is 410 g/mol. The largest absolute Gasteiger partial charge is 0.482 e. The van der Waals surface area contributed by atoms with Gasteiger partial charge in [-0.05, 0) is 24.3 Å². The molecule has 0 atom stereocenters. The van der Waals surface area contributed by atoms with Crippen LogP contribution in [0.2, 0.25) is 0 Å². The maximum absolute atomic E-state index is 12.2. The second kappa shape index (κ2) is 7.99. The van der Waals surface area contributed by atoms with Gasteiger partial charge in [0.05, 0.1) is 10.6 Å². The number of hydrogen-bond acceptors (Lipinski definition) is 9. The van der Waals surface area contributed by atoms with Crippen molar-refractivity contribution in [1.29, 1.82) is 0 Å². The van der Waals surface area contributed by atoms with Crippen molar-refractivity contribution in [2.24, 2.45) is 0 Å². The molecule has 1 aliphatic heterocycles. The van der Waals surface area contributed by atoms with Gasteiger partial charge in [0.1, 0.15) is 12.3 Å². The molecule has 1 aliphatic rings. The van der Waals surface area contributed by atoms with E-state index in [1.807, 2.05) is 0 Å². The summed E-state index contributed by atoms with van der Waals surface area (Å²) >= 11 is 0. The molecule has 11 heteroatoms. The Labute approximate surface area is 169 Å². The van der Waals surface area contributed by atoms with Gasteiger partial charge >= 0.3 is 5.97 Å². The highest BCUT2D eigenvalue weighted by atomic mass is 16.6. The Morgan fingerprint density at radius 2 is 1.93 bits per heavy atom. The first kappa shape index (κ1) is 19.1. The van der Waals surface area contributed by atoms with Gasteiger partial charge in [0.2, 0.25) is 5.89 Å². The third-order valence-electron chi connectivity index (χ3n) is 4.24. The summed E-state index contributed by atoms with van der Waals surface area (Å²) in [4.78, 5) is 35.8. The van der Waals surface area contributed by atoms with Crippen LogP contribution in [0.1, 0.15) is 5.89 Å². The van der Waals surface area contributed by atoms with E-state index in [0.717, 1.165) is 0 Å². The van der Waals surface area contributed by atoms with Crippen LogP contribution in [-0.4, -0.2) is 40.1 Å². The Morgan fingerprint density at radius 3 is 2.70 bits per heavy atom. The van der Waals surface area contributed by atoms with Gasteiger partial charge in [-0.25, -0.2) is 0 Å². The van der Waals surface area contributed by atoms with Crippen LogP contribution in [-0.2, 0) is 20.9 Å². The number of nitrogens with zero attached hydrogens (tertiary/aromatic N) is 4. The maximum atomic E-state index is 12.2. The van der Waals surface area contributed by atoms with E-state index in [1.165, 1.54) is 29.2 Å². The molecule has 0 bridgehead atoms. The van der Waals surface area contributed by atoms with Gasteiger partial charge in [-0.1, -0.05) is 12.1 Å². The van der Waals surface area contributed by atoms with Crippen molar-refractivity contribution in [1.82, 2.24) is 10.2 Å². The predicted molar refractivity (Wildman–Crippen MR) is 100 cm³/mol. The van der Waals surface area contributed by atoms with E-state index in [0.29, 0.717) is 17.0 Å². The van der Waals surface area contributed by atoms with Gasteiger partial charge in [0.25, 0.3) is 17.5 Å². The van der Waals surface area contributed by atoms with Gasteiger partial charge in [0, 0.05) is 17.7 Å². The van der Waals surface area contributed by atoms with Crippen molar-refractivity contribution in [2.45, 2.75) is 6.61 Å². The van der Waals surface area contributed by atoms with Crippen molar-refractivity contribution >= 4 is 23.3 Å². The molecule has 0 fully saturated rings. The fourth-order valence-electron chi connectivity index (χ4n) is 2.80. The standard InChI is InChI=1S/C19H14N4O7/c24-17-11-28-15-4-2-1-3-14(15)22(17)9-18(25)29-10-16-20-21-19(30-16)12-5-7-13(8-6-12)23(26)27/h1-8H,9-11H2. The summed E-state index contributed by atoms with van der Waals surface area (Å²) in [5.41, 5.74) is 0.914. The molecule has 4 rings (SSSR count). The lowest BCUT2D eigenvalue weighted by molar-refractivity contribution is -0.384. The molecule has 0 saturated heterocycles. The van der Waals surface area contributed by atoms with Crippen LogP contribution in [0.25, 0.3) is 11.5 Å². The molecule has 0 spiro atoms. The molecular weight excluding hydrogens is 396 g/mol. The summed E-state index contributed by atoms with van der Waals surface area (Å²) in [6.45, 7) is -0.728. The third kappa shape index (κ3) is 3.94. The van der Waals surface area contributed by atoms with Gasteiger partial charge < -0.3 is 13.9 Å². The normalized spacial score (nSPS) is 12.8. The minimum atomic E-state index is -0.657. The van der Waals surface area contributed by atoms with Crippen LogP contribution < -0.4 is 9.64 Å². The molecule has 1 aromatic heterocycles. The van der Waals surface area contributed by atoms with E-state index in [1.54, 1.807) is 24.3 Å². The van der Waals surface area contributed by atoms with Gasteiger partial charge in [0.15, 0.2) is 13.2 Å². The number of esters is 1. The summed E-state index contributed by atoms with van der Waals surface area (Å²) in [5.74, 6) is -0.327. The Kier molecular flexibility index (Phi) is 5.08. The molecule has 3 aromatic rings. The van der Waals surface area contributed by atoms with Gasteiger partial charge in [-0.15, -0.1) is 10.2 Å². The molecular formula is C19H14N4O7. The lowest BCUT2D eigenvalue weighted by Crippen LogP contribution is -2.42. The number of amides is 1. The summed E-state index contributed by atoms with van der Waals surface area (Å²) < 4.78 is 15.9. The monoisotopic (exact) mass is 410 g/mol. The van der Waals surface area contributed by atoms with Gasteiger partial charge in [-0.2, -0.15) is 0 Å². The van der Waals surface area contributed by atoms with Crippen LogP contribution in [0.4, 0.5) is 11.4 Å². The number of nitro groups is 1. The summed E-state index contributed by atoms with van der Waals surface area (Å²) in [5, 5.41) is 18.3. The quantitative estimate of drug-likeness (QED) is 0.340. The number of hydrogen-bond donors (Lipinski definition) is 0. The number of non-ortho nitro benzene ring substituents is 1. The number of nitro benzene ring substituents is 1. The van der Waals surface area contributed by atoms with Crippen molar-refractivity contribution < 1.29 is 28.4 Å². The van der Waals surface area contributed by atoms with E-state index in [-0.39, 0.29) is 43.1 Å². The molecule has 0 radical (unpaired) electrons. The van der Waals surface area contributed by atoms with Crippen molar-refractivity contribution in [3.8, 4) is 17.2 Å². The molecule has 0 saturated carbocycles. The third-order valence-corrected chi connectivity index (χ3v) is 4.24. The zero-order chi connectivity index (χ0) is 21.1. The molecule has 0 N–H and O–H groups in total. The second-order valence-corrected chi connectivity index (χ2v) is 6.20. The number of anilines is 1. The lowest BCUT2D eigenvalue weighted by Gasteiger charge is -2.28. The average Bonchev–Trinajstić information content (AvgIpc) is 3.23. The minimum Gasteiger partial charge on any atom is -0.482 e. The van der Waals surface area contributed by atoms with E-state index >= 15 is 0 Å². The first-order valence-electron chi connectivity index (χ1n) is 8.76. The van der Waals surface area contributed by atoms with Crippen molar-refractivity contribution in [2.75, 3.05) is 18.1 Å². The predicted octanol–water partition coefficient (Wildman–Crippen LogP) is 2.11. The number of carbonyl (C=O) groups excluding carboxylic acids is 2. The molecule has 30 heavy (non-hydrogen) atoms. The fourth-order valence-corrected chi connectivity index (χ4v) is 2.80. The van der Waals surface area contributed by atoms with Crippen LogP contribution in [0.3, 0.4) is 0 Å². The number of rotatable bonds is 6. The molecule has 0 aliphatic carbocycles. The SMILES string of the molecule is O=C(CN1C(=O)COc2ccccc21)OCc1nnc(-c2ccc([N+](=O)[O-])cc2)o1. The number of carbonyl (C=O) groups is 2.